The molecule has 1 saturated carbocycles. The molecule has 0 aliphatic heterocycles. The average molecular weight is 308 g/mol. The number of benzene rings is 2. The fourth-order valence-electron chi connectivity index (χ4n) is 2.39. The minimum Gasteiger partial charge on any atom is -0.505 e. The van der Waals surface area contributed by atoms with Gasteiger partial charge in [-0.05, 0) is 36.5 Å². The zero-order valence-electron chi connectivity index (χ0n) is 10.8. The molecule has 104 valence electrons. The lowest BCUT2D eigenvalue weighted by Gasteiger charge is -2.20. The van der Waals surface area contributed by atoms with Crippen LogP contribution in [0.4, 0.5) is 5.69 Å². The van der Waals surface area contributed by atoms with E-state index in [0.29, 0.717) is 5.92 Å². The number of rotatable bonds is 4. The largest absolute Gasteiger partial charge is 0.505 e. The minimum absolute atomic E-state index is 0.0680. The molecular formula is C16H15Cl2NO. The van der Waals surface area contributed by atoms with Crippen LogP contribution in [-0.2, 0) is 0 Å². The van der Waals surface area contributed by atoms with Crippen LogP contribution in [-0.4, -0.2) is 5.11 Å². The maximum Gasteiger partial charge on any atom is 0.152 e. The Labute approximate surface area is 128 Å². The maximum atomic E-state index is 9.61. The van der Waals surface area contributed by atoms with E-state index < -0.39 is 0 Å². The zero-order chi connectivity index (χ0) is 14.1. The third-order valence-electron chi connectivity index (χ3n) is 3.59. The summed E-state index contributed by atoms with van der Waals surface area (Å²) < 4.78 is 0. The number of hydrogen-bond donors (Lipinski definition) is 2. The number of anilines is 1. The van der Waals surface area contributed by atoms with Gasteiger partial charge in [-0.25, -0.2) is 0 Å². The molecule has 20 heavy (non-hydrogen) atoms. The molecule has 1 fully saturated rings. The van der Waals surface area contributed by atoms with Crippen LogP contribution in [0.25, 0.3) is 0 Å². The van der Waals surface area contributed by atoms with Gasteiger partial charge in [-0.1, -0.05) is 53.5 Å². The first kappa shape index (κ1) is 13.6. The van der Waals surface area contributed by atoms with Gasteiger partial charge in [0.15, 0.2) is 5.75 Å². The topological polar surface area (TPSA) is 32.3 Å². The van der Waals surface area contributed by atoms with Crippen LogP contribution in [0, 0.1) is 5.92 Å². The summed E-state index contributed by atoms with van der Waals surface area (Å²) in [7, 11) is 0. The molecule has 0 aromatic heterocycles. The van der Waals surface area contributed by atoms with Crippen LogP contribution in [0.5, 0.6) is 5.75 Å². The third-order valence-corrected chi connectivity index (χ3v) is 4.17. The molecule has 1 aliphatic rings. The standard InChI is InChI=1S/C16H15Cl2NO/c17-13-8-12(9-14(18)16(13)20)19-15(11-6-7-11)10-4-2-1-3-5-10/h1-5,8-9,11,15,19-20H,6-7H2. The number of nitrogens with one attached hydrogen (secondary N) is 1. The molecule has 2 aromatic carbocycles. The SMILES string of the molecule is Oc1c(Cl)cc(NC(c2ccccc2)C2CC2)cc1Cl. The Bertz CT molecular complexity index is 588. The number of aromatic hydroxyl groups is 1. The van der Waals surface area contributed by atoms with Gasteiger partial charge in [0.05, 0.1) is 16.1 Å². The van der Waals surface area contributed by atoms with Crippen LogP contribution in [0.15, 0.2) is 42.5 Å². The average Bonchev–Trinajstić information content (AvgIpc) is 3.27. The van der Waals surface area contributed by atoms with Crippen molar-refractivity contribution in [1.29, 1.82) is 0 Å². The lowest BCUT2D eigenvalue weighted by Crippen LogP contribution is -2.12. The Hall–Kier alpha value is -1.38. The Morgan fingerprint density at radius 2 is 1.65 bits per heavy atom. The van der Waals surface area contributed by atoms with E-state index in [1.54, 1.807) is 12.1 Å². The van der Waals surface area contributed by atoms with E-state index in [1.807, 2.05) is 18.2 Å². The number of halogens is 2. The minimum atomic E-state index is -0.0680. The molecule has 2 aromatic rings. The first-order chi connectivity index (χ1) is 9.65. The highest BCUT2D eigenvalue weighted by Gasteiger charge is 2.32. The number of phenolic OH excluding ortho intramolecular Hbond substituents is 1. The van der Waals surface area contributed by atoms with E-state index in [1.165, 1.54) is 18.4 Å². The van der Waals surface area contributed by atoms with Gasteiger partial charge in [0.25, 0.3) is 0 Å². The summed E-state index contributed by atoms with van der Waals surface area (Å²) in [4.78, 5) is 0. The highest BCUT2D eigenvalue weighted by molar-refractivity contribution is 6.37. The fraction of sp³-hybridized carbons (Fsp3) is 0.250. The monoisotopic (exact) mass is 307 g/mol. The van der Waals surface area contributed by atoms with Crippen molar-refractivity contribution in [3.63, 3.8) is 0 Å². The van der Waals surface area contributed by atoms with E-state index in [0.717, 1.165) is 5.69 Å². The molecular weight excluding hydrogens is 293 g/mol. The Morgan fingerprint density at radius 3 is 2.20 bits per heavy atom. The van der Waals surface area contributed by atoms with Gasteiger partial charge in [-0.15, -0.1) is 0 Å². The fourth-order valence-corrected chi connectivity index (χ4v) is 2.88. The Morgan fingerprint density at radius 1 is 1.05 bits per heavy atom. The second kappa shape index (κ2) is 5.55. The van der Waals surface area contributed by atoms with Crippen LogP contribution in [0.1, 0.15) is 24.4 Å². The second-order valence-corrected chi connectivity index (χ2v) is 5.97. The van der Waals surface area contributed by atoms with E-state index in [9.17, 15) is 5.11 Å². The Balaban J connectivity index is 1.88. The predicted molar refractivity (Wildman–Crippen MR) is 83.7 cm³/mol. The van der Waals surface area contributed by atoms with Crippen molar-refractivity contribution < 1.29 is 5.11 Å². The van der Waals surface area contributed by atoms with Crippen LogP contribution in [0.2, 0.25) is 10.0 Å². The van der Waals surface area contributed by atoms with E-state index in [2.05, 4.69) is 17.4 Å². The Kier molecular flexibility index (Phi) is 3.77. The summed E-state index contributed by atoms with van der Waals surface area (Å²) in [6.07, 6.45) is 2.46. The summed E-state index contributed by atoms with van der Waals surface area (Å²) in [5.74, 6) is 0.574. The molecule has 0 saturated heterocycles. The van der Waals surface area contributed by atoms with E-state index in [-0.39, 0.29) is 21.8 Å². The van der Waals surface area contributed by atoms with Crippen LogP contribution < -0.4 is 5.32 Å². The molecule has 2 nitrogen and oxygen atoms in total. The molecule has 1 aliphatic carbocycles. The first-order valence-corrected chi connectivity index (χ1v) is 7.40. The summed E-state index contributed by atoms with van der Waals surface area (Å²) in [6.45, 7) is 0. The van der Waals surface area contributed by atoms with Gasteiger partial charge in [0.2, 0.25) is 0 Å². The number of phenols is 1. The van der Waals surface area contributed by atoms with Crippen LogP contribution in [0.3, 0.4) is 0 Å². The highest BCUT2D eigenvalue weighted by atomic mass is 35.5. The molecule has 0 radical (unpaired) electrons. The van der Waals surface area contributed by atoms with E-state index >= 15 is 0 Å². The van der Waals surface area contributed by atoms with Crippen molar-refractivity contribution in [2.24, 2.45) is 5.92 Å². The van der Waals surface area contributed by atoms with Crippen molar-refractivity contribution in [3.05, 3.63) is 58.1 Å². The summed E-state index contributed by atoms with van der Waals surface area (Å²) in [5.41, 5.74) is 2.09. The van der Waals surface area contributed by atoms with Crippen LogP contribution >= 0.6 is 23.2 Å². The van der Waals surface area contributed by atoms with Gasteiger partial charge in [0.1, 0.15) is 0 Å². The normalized spacial score (nSPS) is 15.9. The van der Waals surface area contributed by atoms with E-state index in [4.69, 9.17) is 23.2 Å². The highest BCUT2D eigenvalue weighted by Crippen LogP contribution is 2.44. The summed E-state index contributed by atoms with van der Waals surface area (Å²) in [6, 6.07) is 14.0. The van der Waals surface area contributed by atoms with Crippen molar-refractivity contribution >= 4 is 28.9 Å². The second-order valence-electron chi connectivity index (χ2n) is 5.16. The first-order valence-electron chi connectivity index (χ1n) is 6.64. The third kappa shape index (κ3) is 2.87. The molecule has 2 N–H and O–H groups in total. The van der Waals surface area contributed by atoms with Gasteiger partial charge >= 0.3 is 0 Å². The molecule has 1 unspecified atom stereocenters. The molecule has 4 heteroatoms. The molecule has 0 spiro atoms. The quantitative estimate of drug-likeness (QED) is 0.755. The maximum absolute atomic E-state index is 9.61. The van der Waals surface area contributed by atoms with Crippen molar-refractivity contribution in [2.45, 2.75) is 18.9 Å². The smallest absolute Gasteiger partial charge is 0.152 e. The molecule has 3 rings (SSSR count). The van der Waals surface area contributed by atoms with Crippen molar-refractivity contribution in [1.82, 2.24) is 0 Å². The zero-order valence-corrected chi connectivity index (χ0v) is 12.3. The van der Waals surface area contributed by atoms with Crippen molar-refractivity contribution in [3.8, 4) is 5.75 Å². The molecule has 0 bridgehead atoms. The predicted octanol–water partition coefficient (Wildman–Crippen LogP) is 5.26. The lowest BCUT2D eigenvalue weighted by molar-refractivity contribution is 0.476. The molecule has 0 amide bonds. The lowest BCUT2D eigenvalue weighted by atomic mass is 10.0. The summed E-state index contributed by atoms with van der Waals surface area (Å²) in [5, 5.41) is 13.6. The molecule has 1 atom stereocenters. The van der Waals surface area contributed by atoms with Gasteiger partial charge in [0, 0.05) is 5.69 Å². The summed E-state index contributed by atoms with van der Waals surface area (Å²) >= 11 is 11.9. The van der Waals surface area contributed by atoms with Gasteiger partial charge < -0.3 is 10.4 Å². The van der Waals surface area contributed by atoms with Gasteiger partial charge in [-0.2, -0.15) is 0 Å². The van der Waals surface area contributed by atoms with Crippen molar-refractivity contribution in [2.75, 3.05) is 5.32 Å². The number of hydrogen-bond acceptors (Lipinski definition) is 2. The van der Waals surface area contributed by atoms with Gasteiger partial charge in [-0.3, -0.25) is 0 Å². The molecule has 0 heterocycles.